The quantitative estimate of drug-likeness (QED) is 0.826. The number of oxazole rings is 1. The fourth-order valence-electron chi connectivity index (χ4n) is 2.36. The number of fused-ring (bicyclic) bond motifs is 1. The number of aromatic nitrogens is 1. The Morgan fingerprint density at radius 1 is 1.52 bits per heavy atom. The average molecular weight is 375 g/mol. The van der Waals surface area contributed by atoms with Crippen molar-refractivity contribution in [1.29, 1.82) is 0 Å². The lowest BCUT2D eigenvalue weighted by atomic mass is 10.2. The molecule has 0 unspecified atom stereocenters. The van der Waals surface area contributed by atoms with Gasteiger partial charge in [0, 0.05) is 17.1 Å². The number of nitrogens with one attached hydrogen (secondary N) is 1. The van der Waals surface area contributed by atoms with E-state index in [4.69, 9.17) is 16.0 Å². The molecule has 1 N–H and O–H groups in total. The highest BCUT2D eigenvalue weighted by Crippen LogP contribution is 2.28. The van der Waals surface area contributed by atoms with Gasteiger partial charge in [-0.3, -0.25) is 4.79 Å². The van der Waals surface area contributed by atoms with Crippen molar-refractivity contribution in [2.45, 2.75) is 29.9 Å². The highest BCUT2D eigenvalue weighted by Gasteiger charge is 2.30. The number of nitrogens with zero attached hydrogens (tertiary/aromatic N) is 1. The topological polar surface area (TPSA) is 89.3 Å². The number of thioether (sulfide) groups is 1. The molecule has 1 fully saturated rings. The van der Waals surface area contributed by atoms with Gasteiger partial charge in [0.2, 0.25) is 5.91 Å². The minimum atomic E-state index is -3.01. The van der Waals surface area contributed by atoms with Gasteiger partial charge in [0.05, 0.1) is 16.8 Å². The number of sulfone groups is 1. The first-order valence-electron chi connectivity index (χ1n) is 7.06. The number of amides is 1. The van der Waals surface area contributed by atoms with Crippen LogP contribution in [-0.2, 0) is 14.6 Å². The molecular formula is C14H15ClN2O4S2. The molecule has 124 valence electrons. The van der Waals surface area contributed by atoms with Gasteiger partial charge in [0.25, 0.3) is 5.22 Å². The van der Waals surface area contributed by atoms with Crippen LogP contribution in [0, 0.1) is 0 Å². The van der Waals surface area contributed by atoms with E-state index in [1.807, 2.05) is 0 Å². The van der Waals surface area contributed by atoms with Crippen LogP contribution in [0.4, 0.5) is 0 Å². The highest BCUT2D eigenvalue weighted by molar-refractivity contribution is 8.00. The van der Waals surface area contributed by atoms with Gasteiger partial charge in [-0.1, -0.05) is 23.4 Å². The van der Waals surface area contributed by atoms with E-state index in [1.165, 1.54) is 11.8 Å². The van der Waals surface area contributed by atoms with E-state index in [2.05, 4.69) is 10.3 Å². The number of carbonyl (C=O) groups excluding carboxylic acids is 1. The summed E-state index contributed by atoms with van der Waals surface area (Å²) in [4.78, 5) is 16.5. The summed E-state index contributed by atoms with van der Waals surface area (Å²) in [5.41, 5.74) is 1.24. The first-order chi connectivity index (χ1) is 10.8. The number of carbonyl (C=O) groups is 1. The second-order valence-corrected chi connectivity index (χ2v) is 9.42. The van der Waals surface area contributed by atoms with Gasteiger partial charge in [-0.2, -0.15) is 0 Å². The van der Waals surface area contributed by atoms with Gasteiger partial charge in [0.1, 0.15) is 5.52 Å². The van der Waals surface area contributed by atoms with Crippen molar-refractivity contribution in [2.75, 3.05) is 11.5 Å². The predicted octanol–water partition coefficient (Wildman–Crippen LogP) is 2.27. The van der Waals surface area contributed by atoms with Crippen LogP contribution < -0.4 is 5.32 Å². The molecule has 23 heavy (non-hydrogen) atoms. The Bertz CT molecular complexity index is 850. The van der Waals surface area contributed by atoms with Crippen molar-refractivity contribution in [3.63, 3.8) is 0 Å². The fourth-order valence-corrected chi connectivity index (χ4v) is 4.96. The maximum atomic E-state index is 12.2. The molecule has 0 spiro atoms. The lowest BCUT2D eigenvalue weighted by Gasteiger charge is -2.14. The zero-order chi connectivity index (χ0) is 16.6. The van der Waals surface area contributed by atoms with Crippen LogP contribution >= 0.6 is 23.4 Å². The number of halogens is 1. The van der Waals surface area contributed by atoms with Crippen molar-refractivity contribution >= 4 is 50.2 Å². The standard InChI is InChI=1S/C14H15ClN2O4S2/c1-8(13(18)16-10-4-5-23(19,20)7-10)22-14-17-11-3-2-9(15)6-12(11)21-14/h2-3,6,8,10H,4-5,7H2,1H3,(H,16,18)/t8-,10-/m0/s1. The van der Waals surface area contributed by atoms with E-state index >= 15 is 0 Å². The summed E-state index contributed by atoms with van der Waals surface area (Å²) in [6, 6.07) is 4.83. The SMILES string of the molecule is C[C@H](Sc1nc2ccc(Cl)cc2o1)C(=O)N[C@H]1CCS(=O)(=O)C1. The van der Waals surface area contributed by atoms with Crippen LogP contribution in [-0.4, -0.2) is 42.1 Å². The second-order valence-electron chi connectivity index (χ2n) is 5.46. The van der Waals surface area contributed by atoms with Crippen molar-refractivity contribution in [3.8, 4) is 0 Å². The van der Waals surface area contributed by atoms with Gasteiger partial charge in [-0.05, 0) is 25.5 Å². The molecule has 1 aliphatic heterocycles. The van der Waals surface area contributed by atoms with Crippen LogP contribution in [0.5, 0.6) is 0 Å². The Morgan fingerprint density at radius 3 is 3.00 bits per heavy atom. The minimum Gasteiger partial charge on any atom is -0.431 e. The summed E-state index contributed by atoms with van der Waals surface area (Å²) in [5.74, 6) is -0.0829. The first kappa shape index (κ1) is 16.6. The zero-order valence-corrected chi connectivity index (χ0v) is 14.7. The maximum Gasteiger partial charge on any atom is 0.257 e. The van der Waals surface area contributed by atoms with Crippen molar-refractivity contribution in [3.05, 3.63) is 23.2 Å². The summed E-state index contributed by atoms with van der Waals surface area (Å²) in [6.45, 7) is 1.73. The Kier molecular flexibility index (Phi) is 4.57. The molecule has 1 aliphatic rings. The largest absolute Gasteiger partial charge is 0.431 e. The Labute approximate surface area is 142 Å². The molecule has 0 saturated carbocycles. The molecule has 6 nitrogen and oxygen atoms in total. The van der Waals surface area contributed by atoms with E-state index in [-0.39, 0.29) is 23.5 Å². The molecule has 1 amide bonds. The third kappa shape index (κ3) is 3.99. The summed E-state index contributed by atoms with van der Waals surface area (Å²) < 4.78 is 28.4. The van der Waals surface area contributed by atoms with E-state index in [0.29, 0.717) is 27.8 Å². The van der Waals surface area contributed by atoms with E-state index in [0.717, 1.165) is 0 Å². The monoisotopic (exact) mass is 374 g/mol. The van der Waals surface area contributed by atoms with Crippen LogP contribution in [0.25, 0.3) is 11.1 Å². The molecule has 1 aromatic heterocycles. The number of rotatable bonds is 4. The number of hydrogen-bond acceptors (Lipinski definition) is 6. The van der Waals surface area contributed by atoms with Gasteiger partial charge in [-0.15, -0.1) is 0 Å². The van der Waals surface area contributed by atoms with Crippen molar-refractivity contribution in [1.82, 2.24) is 10.3 Å². The zero-order valence-electron chi connectivity index (χ0n) is 12.3. The number of benzene rings is 1. The molecule has 0 radical (unpaired) electrons. The Balaban J connectivity index is 1.63. The van der Waals surface area contributed by atoms with Crippen LogP contribution in [0.15, 0.2) is 27.8 Å². The lowest BCUT2D eigenvalue weighted by Crippen LogP contribution is -2.39. The predicted molar refractivity (Wildman–Crippen MR) is 89.5 cm³/mol. The Morgan fingerprint density at radius 2 is 2.30 bits per heavy atom. The summed E-state index contributed by atoms with van der Waals surface area (Å²) in [6.07, 6.45) is 0.465. The van der Waals surface area contributed by atoms with Gasteiger partial charge in [-0.25, -0.2) is 13.4 Å². The fraction of sp³-hybridized carbons (Fsp3) is 0.429. The summed E-state index contributed by atoms with van der Waals surface area (Å²) >= 11 is 7.08. The molecule has 2 heterocycles. The van der Waals surface area contributed by atoms with Crippen molar-refractivity contribution < 1.29 is 17.6 Å². The van der Waals surface area contributed by atoms with Gasteiger partial charge in [0.15, 0.2) is 15.4 Å². The molecule has 1 aromatic carbocycles. The van der Waals surface area contributed by atoms with Crippen LogP contribution in [0.3, 0.4) is 0 Å². The molecule has 0 aliphatic carbocycles. The molecule has 1 saturated heterocycles. The Hall–Kier alpha value is -1.25. The normalized spacial score (nSPS) is 21.4. The van der Waals surface area contributed by atoms with Crippen molar-refractivity contribution in [2.24, 2.45) is 0 Å². The molecule has 2 aromatic rings. The molecule has 3 rings (SSSR count). The van der Waals surface area contributed by atoms with E-state index in [1.54, 1.807) is 25.1 Å². The van der Waals surface area contributed by atoms with E-state index < -0.39 is 15.1 Å². The minimum absolute atomic E-state index is 0.0114. The number of hydrogen-bond donors (Lipinski definition) is 1. The molecule has 9 heteroatoms. The summed E-state index contributed by atoms with van der Waals surface area (Å²) in [5, 5.41) is 3.26. The van der Waals surface area contributed by atoms with Crippen LogP contribution in [0.2, 0.25) is 5.02 Å². The smallest absolute Gasteiger partial charge is 0.257 e. The van der Waals surface area contributed by atoms with Gasteiger partial charge >= 0.3 is 0 Å². The third-order valence-corrected chi connectivity index (χ3v) is 6.50. The molecular weight excluding hydrogens is 360 g/mol. The van der Waals surface area contributed by atoms with Crippen LogP contribution in [0.1, 0.15) is 13.3 Å². The molecule has 2 atom stereocenters. The molecule has 0 bridgehead atoms. The lowest BCUT2D eigenvalue weighted by molar-refractivity contribution is -0.120. The second kappa shape index (κ2) is 6.33. The summed E-state index contributed by atoms with van der Waals surface area (Å²) in [7, 11) is -3.01. The average Bonchev–Trinajstić information content (AvgIpc) is 3.00. The first-order valence-corrected chi connectivity index (χ1v) is 10.1. The van der Waals surface area contributed by atoms with E-state index in [9.17, 15) is 13.2 Å². The highest BCUT2D eigenvalue weighted by atomic mass is 35.5. The third-order valence-electron chi connectivity index (χ3n) is 3.56. The van der Waals surface area contributed by atoms with Gasteiger partial charge < -0.3 is 9.73 Å². The maximum absolute atomic E-state index is 12.2.